The fourth-order valence-corrected chi connectivity index (χ4v) is 5.96. The van der Waals surface area contributed by atoms with Gasteiger partial charge in [0.2, 0.25) is 0 Å². The van der Waals surface area contributed by atoms with Gasteiger partial charge in [-0.05, 0) is 55.9 Å². The Kier molecular flexibility index (Phi) is 7.96. The van der Waals surface area contributed by atoms with Gasteiger partial charge in [-0.1, -0.05) is 36.4 Å². The molecule has 196 valence electrons. The Balaban J connectivity index is 1.40. The van der Waals surface area contributed by atoms with Crippen LogP contribution in [0.25, 0.3) is 0 Å². The first kappa shape index (κ1) is 25.5. The lowest BCUT2D eigenvalue weighted by molar-refractivity contribution is -0.0832. The average Bonchev–Trinajstić information content (AvgIpc) is 3.60. The molecular weight excluding hydrogens is 488 g/mol. The summed E-state index contributed by atoms with van der Waals surface area (Å²) in [5.74, 6) is 1.41. The fourth-order valence-electron chi connectivity index (χ4n) is 5.20. The highest BCUT2D eigenvalue weighted by molar-refractivity contribution is 7.09. The lowest BCUT2D eigenvalue weighted by atomic mass is 9.84. The van der Waals surface area contributed by atoms with E-state index in [0.29, 0.717) is 44.2 Å². The molecule has 1 amide bonds. The van der Waals surface area contributed by atoms with Crippen LogP contribution in [0.4, 0.5) is 4.79 Å². The molecule has 7 nitrogen and oxygen atoms in total. The molecule has 0 radical (unpaired) electrons. The topological polar surface area (TPSA) is 70.1 Å². The maximum Gasteiger partial charge on any atom is 0.409 e. The van der Waals surface area contributed by atoms with Gasteiger partial charge in [0.05, 0.1) is 44.2 Å². The van der Waals surface area contributed by atoms with E-state index in [-0.39, 0.29) is 12.2 Å². The van der Waals surface area contributed by atoms with Crippen LogP contribution >= 0.6 is 11.3 Å². The number of aromatic nitrogens is 1. The summed E-state index contributed by atoms with van der Waals surface area (Å²) in [7, 11) is 1.66. The van der Waals surface area contributed by atoms with Crippen molar-refractivity contribution in [3.63, 3.8) is 0 Å². The summed E-state index contributed by atoms with van der Waals surface area (Å²) in [6.07, 6.45) is 4.99. The second kappa shape index (κ2) is 11.5. The highest BCUT2D eigenvalue weighted by Crippen LogP contribution is 2.41. The van der Waals surface area contributed by atoms with Crippen LogP contribution in [0.3, 0.4) is 0 Å². The van der Waals surface area contributed by atoms with Crippen molar-refractivity contribution in [2.75, 3.05) is 33.4 Å². The Morgan fingerprint density at radius 3 is 2.68 bits per heavy atom. The monoisotopic (exact) mass is 522 g/mol. The van der Waals surface area contributed by atoms with E-state index in [1.54, 1.807) is 23.3 Å². The standard InChI is InChI=1S/C29H34N2O5S/c1-21-27(37-20-30-21)14-16-34-28(32)31-15-17-35-29(19-31,22-8-4-3-5-9-22)23-12-13-25(33-2)26(18-23)36-24-10-6-7-11-24/h3-5,8-9,12-13,18,20,24H,6-7,10-11,14-17,19H2,1-2H3. The molecule has 1 saturated carbocycles. The van der Waals surface area contributed by atoms with Crippen molar-refractivity contribution < 1.29 is 23.7 Å². The van der Waals surface area contributed by atoms with Crippen molar-refractivity contribution in [1.82, 2.24) is 9.88 Å². The van der Waals surface area contributed by atoms with Crippen molar-refractivity contribution in [3.8, 4) is 11.5 Å². The first-order valence-electron chi connectivity index (χ1n) is 12.9. The molecule has 2 fully saturated rings. The number of nitrogens with zero attached hydrogens (tertiary/aromatic N) is 2. The number of thiazole rings is 1. The van der Waals surface area contributed by atoms with Gasteiger partial charge in [-0.25, -0.2) is 9.78 Å². The molecule has 2 heterocycles. The molecule has 1 aliphatic carbocycles. The third kappa shape index (κ3) is 5.60. The highest BCUT2D eigenvalue weighted by Gasteiger charge is 2.42. The zero-order valence-electron chi connectivity index (χ0n) is 21.5. The van der Waals surface area contributed by atoms with E-state index in [9.17, 15) is 4.79 Å². The lowest BCUT2D eigenvalue weighted by Crippen LogP contribution is -2.52. The number of benzene rings is 2. The third-order valence-electron chi connectivity index (χ3n) is 7.25. The molecule has 3 aromatic rings. The molecule has 0 spiro atoms. The Bertz CT molecular complexity index is 1190. The lowest BCUT2D eigenvalue weighted by Gasteiger charge is -2.43. The van der Waals surface area contributed by atoms with Gasteiger partial charge < -0.3 is 23.8 Å². The number of amides is 1. The number of carbonyl (C=O) groups is 1. The summed E-state index contributed by atoms with van der Waals surface area (Å²) < 4.78 is 24.3. The largest absolute Gasteiger partial charge is 0.493 e. The maximum absolute atomic E-state index is 13.2. The van der Waals surface area contributed by atoms with Crippen LogP contribution in [0.1, 0.15) is 47.4 Å². The van der Waals surface area contributed by atoms with E-state index in [0.717, 1.165) is 34.5 Å². The first-order valence-corrected chi connectivity index (χ1v) is 13.8. The molecule has 1 aromatic heterocycles. The molecule has 2 aromatic carbocycles. The summed E-state index contributed by atoms with van der Waals surface area (Å²) in [6, 6.07) is 16.0. The van der Waals surface area contributed by atoms with Crippen LogP contribution in [0.15, 0.2) is 54.0 Å². The zero-order chi connectivity index (χ0) is 25.7. The Hall–Kier alpha value is -3.10. The summed E-state index contributed by atoms with van der Waals surface area (Å²) in [5, 5.41) is 0. The molecule has 1 aliphatic heterocycles. The molecule has 0 bridgehead atoms. The van der Waals surface area contributed by atoms with Gasteiger partial charge in [-0.2, -0.15) is 0 Å². The van der Waals surface area contributed by atoms with Crippen molar-refractivity contribution in [2.45, 2.75) is 50.7 Å². The number of ether oxygens (including phenoxy) is 4. The van der Waals surface area contributed by atoms with Crippen molar-refractivity contribution in [3.05, 3.63) is 75.7 Å². The normalized spacial score (nSPS) is 20.1. The second-order valence-corrected chi connectivity index (χ2v) is 10.5. The van der Waals surface area contributed by atoms with Crippen LogP contribution in [0.2, 0.25) is 0 Å². The molecule has 1 saturated heterocycles. The number of rotatable bonds is 8. The van der Waals surface area contributed by atoms with E-state index in [2.05, 4.69) is 4.98 Å². The van der Waals surface area contributed by atoms with Gasteiger partial charge in [-0.3, -0.25) is 0 Å². The molecule has 8 heteroatoms. The zero-order valence-corrected chi connectivity index (χ0v) is 22.3. The van der Waals surface area contributed by atoms with E-state index in [1.807, 2.05) is 61.0 Å². The molecular formula is C29H34N2O5S. The minimum Gasteiger partial charge on any atom is -0.493 e. The molecule has 2 aliphatic rings. The smallest absolute Gasteiger partial charge is 0.409 e. The van der Waals surface area contributed by atoms with Gasteiger partial charge in [0, 0.05) is 17.8 Å². The fraction of sp³-hybridized carbons (Fsp3) is 0.448. The van der Waals surface area contributed by atoms with Crippen LogP contribution in [-0.4, -0.2) is 55.5 Å². The molecule has 0 N–H and O–H groups in total. The summed E-state index contributed by atoms with van der Waals surface area (Å²) >= 11 is 1.59. The third-order valence-corrected chi connectivity index (χ3v) is 8.24. The minimum absolute atomic E-state index is 0.192. The number of aryl methyl sites for hydroxylation is 1. The molecule has 37 heavy (non-hydrogen) atoms. The maximum atomic E-state index is 13.2. The highest BCUT2D eigenvalue weighted by atomic mass is 32.1. The Morgan fingerprint density at radius 2 is 1.95 bits per heavy atom. The van der Waals surface area contributed by atoms with Crippen LogP contribution in [0.5, 0.6) is 11.5 Å². The predicted molar refractivity (Wildman–Crippen MR) is 143 cm³/mol. The van der Waals surface area contributed by atoms with Crippen LogP contribution in [0, 0.1) is 6.92 Å². The van der Waals surface area contributed by atoms with Gasteiger partial charge in [0.1, 0.15) is 5.60 Å². The quantitative estimate of drug-likeness (QED) is 0.376. The average molecular weight is 523 g/mol. The van der Waals surface area contributed by atoms with E-state index in [1.165, 1.54) is 12.8 Å². The summed E-state index contributed by atoms with van der Waals surface area (Å²) in [5.41, 5.74) is 3.86. The van der Waals surface area contributed by atoms with Crippen LogP contribution < -0.4 is 9.47 Å². The number of hydrogen-bond acceptors (Lipinski definition) is 7. The SMILES string of the molecule is COc1ccc(C2(c3ccccc3)CN(C(=O)OCCc3scnc3C)CCO2)cc1OC1CCCC1. The Labute approximate surface area is 222 Å². The van der Waals surface area contributed by atoms with Crippen LogP contribution in [-0.2, 0) is 21.5 Å². The number of morpholine rings is 1. The van der Waals surface area contributed by atoms with Gasteiger partial charge in [-0.15, -0.1) is 11.3 Å². The van der Waals surface area contributed by atoms with Crippen molar-refractivity contribution >= 4 is 17.4 Å². The minimum atomic E-state index is -0.854. The Morgan fingerprint density at radius 1 is 1.14 bits per heavy atom. The molecule has 1 unspecified atom stereocenters. The number of hydrogen-bond donors (Lipinski definition) is 0. The van der Waals surface area contributed by atoms with E-state index < -0.39 is 5.60 Å². The number of carbonyl (C=O) groups excluding carboxylic acids is 1. The van der Waals surface area contributed by atoms with Crippen molar-refractivity contribution in [1.29, 1.82) is 0 Å². The number of methoxy groups -OCH3 is 1. The van der Waals surface area contributed by atoms with E-state index in [4.69, 9.17) is 18.9 Å². The van der Waals surface area contributed by atoms with Gasteiger partial charge in [0.15, 0.2) is 11.5 Å². The van der Waals surface area contributed by atoms with E-state index >= 15 is 0 Å². The predicted octanol–water partition coefficient (Wildman–Crippen LogP) is 5.74. The summed E-state index contributed by atoms with van der Waals surface area (Å²) in [4.78, 5) is 20.3. The van der Waals surface area contributed by atoms with Crippen molar-refractivity contribution in [2.24, 2.45) is 0 Å². The van der Waals surface area contributed by atoms with Gasteiger partial charge >= 0.3 is 6.09 Å². The first-order chi connectivity index (χ1) is 18.1. The second-order valence-electron chi connectivity index (χ2n) is 9.58. The summed E-state index contributed by atoms with van der Waals surface area (Å²) in [6.45, 7) is 3.49. The molecule has 1 atom stereocenters. The molecule has 5 rings (SSSR count). The van der Waals surface area contributed by atoms with Gasteiger partial charge in [0.25, 0.3) is 0 Å².